The Bertz CT molecular complexity index is 2260. The molecule has 6 atom stereocenters. The molecule has 310 valence electrons. The third-order valence-electron chi connectivity index (χ3n) is 13.2. The molecule has 0 spiro atoms. The van der Waals surface area contributed by atoms with E-state index in [2.05, 4.69) is 19.9 Å². The summed E-state index contributed by atoms with van der Waals surface area (Å²) in [7, 11) is 0. The summed E-state index contributed by atoms with van der Waals surface area (Å²) in [5, 5.41) is 0. The molecule has 1 saturated carbocycles. The first-order valence-corrected chi connectivity index (χ1v) is 20.5. The van der Waals surface area contributed by atoms with E-state index in [-0.39, 0.29) is 50.2 Å². The first-order valence-electron chi connectivity index (χ1n) is 20.5. The van der Waals surface area contributed by atoms with Crippen LogP contribution in [0.3, 0.4) is 0 Å². The normalized spacial score (nSPS) is 27.2. The Morgan fingerprint density at radius 2 is 0.983 bits per heavy atom. The second-order valence-corrected chi connectivity index (χ2v) is 17.0. The molecule has 4 aliphatic heterocycles. The zero-order valence-corrected chi connectivity index (χ0v) is 32.8. The number of halogens is 4. The third kappa shape index (κ3) is 7.39. The largest absolute Gasteiger partial charge is 0.340 e. The van der Waals surface area contributed by atoms with Crippen LogP contribution >= 0.6 is 0 Å². The molecular formula is C43H46F4N8O4. The van der Waals surface area contributed by atoms with Crippen molar-refractivity contribution in [3.8, 4) is 33.6 Å². The summed E-state index contributed by atoms with van der Waals surface area (Å²) in [6.07, 6.45) is 3.77. The van der Waals surface area contributed by atoms with E-state index in [9.17, 15) is 36.7 Å². The van der Waals surface area contributed by atoms with Gasteiger partial charge < -0.3 is 29.6 Å². The molecular weight excluding hydrogens is 769 g/mol. The highest BCUT2D eigenvalue weighted by Crippen LogP contribution is 2.53. The third-order valence-corrected chi connectivity index (χ3v) is 13.2. The van der Waals surface area contributed by atoms with E-state index in [0.29, 0.717) is 30.4 Å². The summed E-state index contributed by atoms with van der Waals surface area (Å²) in [5.74, 6) is -6.89. The molecule has 5 aliphatic rings. The predicted octanol–water partition coefficient (Wildman–Crippen LogP) is 6.61. The molecule has 0 bridgehead atoms. The molecule has 0 unspecified atom stereocenters. The summed E-state index contributed by atoms with van der Waals surface area (Å²) in [6, 6.07) is 14.8. The lowest BCUT2D eigenvalue weighted by atomic mass is 10.0. The standard InChI is InChI=1S/C43H46F4N8O4/c1-24-19-34(54(25(24)2)40(58)38(56)52-15-11-42(44,45)12-16-52)36-48-22-31(50-36)28-7-3-26(4-8-28)27-5-9-29(10-6-27)32-23-49-37(51-32)35-21-30-20-33(30)55(35)41(59)39(57)53-17-13-43(46,47)14-18-53/h3-10,22-25,30,33-35H,11-21H2,1-2H3,(H,48,50)(H,49,51)/t24-,25-,30-,33-,34-,35-/m0/s1. The molecule has 0 radical (unpaired) electrons. The summed E-state index contributed by atoms with van der Waals surface area (Å²) in [4.78, 5) is 74.9. The number of carbonyl (C=O) groups excluding carboxylic acids is 4. The molecule has 6 heterocycles. The number of carbonyl (C=O) groups is 4. The fourth-order valence-corrected chi connectivity index (χ4v) is 9.34. The quantitative estimate of drug-likeness (QED) is 0.172. The van der Waals surface area contributed by atoms with Crippen LogP contribution in [-0.2, 0) is 19.2 Å². The Morgan fingerprint density at radius 1 is 0.576 bits per heavy atom. The minimum atomic E-state index is -2.82. The average Bonchev–Trinajstić information content (AvgIpc) is 3.66. The van der Waals surface area contributed by atoms with Crippen LogP contribution in [0.4, 0.5) is 17.6 Å². The number of likely N-dealkylation sites (tertiary alicyclic amines) is 4. The van der Waals surface area contributed by atoms with Gasteiger partial charge in [0.05, 0.1) is 35.9 Å². The summed E-state index contributed by atoms with van der Waals surface area (Å²) in [6.45, 7) is 3.35. The molecule has 4 amide bonds. The van der Waals surface area contributed by atoms with Gasteiger partial charge in [-0.2, -0.15) is 0 Å². The minimum absolute atomic E-state index is 0.0385. The van der Waals surface area contributed by atoms with Crippen LogP contribution in [-0.4, -0.2) is 113 Å². The summed E-state index contributed by atoms with van der Waals surface area (Å²) >= 11 is 0. The lowest BCUT2D eigenvalue weighted by Gasteiger charge is -2.34. The van der Waals surface area contributed by atoms with Crippen molar-refractivity contribution in [2.75, 3.05) is 26.2 Å². The monoisotopic (exact) mass is 814 g/mol. The molecule has 2 aromatic heterocycles. The number of nitrogens with one attached hydrogen (secondary N) is 2. The van der Waals surface area contributed by atoms with Gasteiger partial charge in [0.15, 0.2) is 0 Å². The van der Waals surface area contributed by atoms with Crippen molar-refractivity contribution in [3.05, 3.63) is 72.6 Å². The highest BCUT2D eigenvalue weighted by Gasteiger charge is 2.57. The van der Waals surface area contributed by atoms with Crippen LogP contribution in [0, 0.1) is 11.8 Å². The fourth-order valence-electron chi connectivity index (χ4n) is 9.34. The lowest BCUT2D eigenvalue weighted by Crippen LogP contribution is -2.51. The van der Waals surface area contributed by atoms with E-state index in [4.69, 9.17) is 0 Å². The van der Waals surface area contributed by atoms with Gasteiger partial charge in [-0.15, -0.1) is 0 Å². The average molecular weight is 815 g/mol. The van der Waals surface area contributed by atoms with Gasteiger partial charge in [0.2, 0.25) is 0 Å². The van der Waals surface area contributed by atoms with Gasteiger partial charge in [-0.3, -0.25) is 19.2 Å². The van der Waals surface area contributed by atoms with Crippen molar-refractivity contribution in [1.82, 2.24) is 39.5 Å². The van der Waals surface area contributed by atoms with Crippen molar-refractivity contribution in [2.45, 2.75) is 94.8 Å². The molecule has 9 rings (SSSR count). The minimum Gasteiger partial charge on any atom is -0.340 e. The number of alkyl halides is 4. The van der Waals surface area contributed by atoms with Gasteiger partial charge in [0.25, 0.3) is 11.8 Å². The lowest BCUT2D eigenvalue weighted by molar-refractivity contribution is -0.157. The molecule has 12 nitrogen and oxygen atoms in total. The number of hydrogen-bond donors (Lipinski definition) is 2. The number of amides is 4. The highest BCUT2D eigenvalue weighted by molar-refractivity contribution is 6.35. The van der Waals surface area contributed by atoms with Gasteiger partial charge in [-0.05, 0) is 60.3 Å². The molecule has 1 aliphatic carbocycles. The summed E-state index contributed by atoms with van der Waals surface area (Å²) in [5.41, 5.74) is 5.26. The first kappa shape index (κ1) is 38.9. The number of aromatic amines is 2. The van der Waals surface area contributed by atoms with E-state index in [1.54, 1.807) is 22.2 Å². The maximum Gasteiger partial charge on any atom is 0.312 e. The molecule has 16 heteroatoms. The Hall–Kier alpha value is -5.54. The predicted molar refractivity (Wildman–Crippen MR) is 207 cm³/mol. The van der Waals surface area contributed by atoms with E-state index in [1.807, 2.05) is 62.4 Å². The second-order valence-electron chi connectivity index (χ2n) is 17.0. The zero-order valence-electron chi connectivity index (χ0n) is 32.8. The van der Waals surface area contributed by atoms with Crippen LogP contribution in [0.1, 0.15) is 82.5 Å². The molecule has 59 heavy (non-hydrogen) atoms. The van der Waals surface area contributed by atoms with Gasteiger partial charge >= 0.3 is 23.6 Å². The Kier molecular flexibility index (Phi) is 9.66. The fraction of sp³-hybridized carbons (Fsp3) is 0.488. The number of hydrogen-bond acceptors (Lipinski definition) is 6. The van der Waals surface area contributed by atoms with Gasteiger partial charge in [0, 0.05) is 63.9 Å². The number of rotatable bonds is 5. The van der Waals surface area contributed by atoms with Gasteiger partial charge in [0.1, 0.15) is 11.6 Å². The van der Waals surface area contributed by atoms with E-state index < -0.39 is 67.2 Å². The Labute approximate surface area is 338 Å². The van der Waals surface area contributed by atoms with E-state index in [1.165, 1.54) is 9.80 Å². The number of H-pyrrole nitrogens is 2. The van der Waals surface area contributed by atoms with Crippen LogP contribution in [0.25, 0.3) is 33.6 Å². The smallest absolute Gasteiger partial charge is 0.312 e. The van der Waals surface area contributed by atoms with Crippen LogP contribution in [0.2, 0.25) is 0 Å². The molecule has 4 saturated heterocycles. The number of fused-ring (bicyclic) bond motifs is 1. The summed E-state index contributed by atoms with van der Waals surface area (Å²) < 4.78 is 54.8. The maximum atomic E-state index is 13.7. The van der Waals surface area contributed by atoms with Gasteiger partial charge in [-0.25, -0.2) is 27.5 Å². The van der Waals surface area contributed by atoms with Crippen LogP contribution in [0.15, 0.2) is 60.9 Å². The topological polar surface area (TPSA) is 139 Å². The number of nitrogens with zero attached hydrogens (tertiary/aromatic N) is 6. The molecule has 5 fully saturated rings. The SMILES string of the molecule is C[C@H]1C[C@@H](c2ncc(-c3ccc(-c4ccc(-c5cnc([C@@H]6C[C@@H]7C[C@@H]7N6C(=O)C(=O)N6CCC(F)(F)CC6)[nH]5)cc4)cc3)[nH]2)N(C(=O)C(=O)N2CCC(F)(F)CC2)[C@H]1C. The Balaban J connectivity index is 0.845. The number of piperidine rings is 3. The molecule has 2 aromatic carbocycles. The van der Waals surface area contributed by atoms with Crippen molar-refractivity contribution >= 4 is 23.6 Å². The van der Waals surface area contributed by atoms with Crippen molar-refractivity contribution in [1.29, 1.82) is 0 Å². The van der Waals surface area contributed by atoms with E-state index in [0.717, 1.165) is 40.1 Å². The van der Waals surface area contributed by atoms with Gasteiger partial charge in [-0.1, -0.05) is 55.5 Å². The maximum absolute atomic E-state index is 13.7. The van der Waals surface area contributed by atoms with E-state index >= 15 is 0 Å². The van der Waals surface area contributed by atoms with Crippen molar-refractivity contribution in [3.63, 3.8) is 0 Å². The Morgan fingerprint density at radius 3 is 1.44 bits per heavy atom. The molecule has 4 aromatic rings. The first-order chi connectivity index (χ1) is 28.2. The number of benzene rings is 2. The number of imidazole rings is 2. The molecule has 2 N–H and O–H groups in total. The second kappa shape index (κ2) is 14.6. The van der Waals surface area contributed by atoms with Crippen molar-refractivity contribution in [2.24, 2.45) is 11.8 Å². The van der Waals surface area contributed by atoms with Crippen LogP contribution < -0.4 is 0 Å². The zero-order chi connectivity index (χ0) is 41.4. The number of aromatic nitrogens is 4. The van der Waals surface area contributed by atoms with Crippen LogP contribution in [0.5, 0.6) is 0 Å². The highest BCUT2D eigenvalue weighted by atomic mass is 19.3. The van der Waals surface area contributed by atoms with Crippen molar-refractivity contribution < 1.29 is 36.7 Å².